The van der Waals surface area contributed by atoms with Gasteiger partial charge in [0.1, 0.15) is 0 Å². The Balaban J connectivity index is 1.39. The van der Waals surface area contributed by atoms with E-state index in [0.717, 1.165) is 17.1 Å². The van der Waals surface area contributed by atoms with Crippen molar-refractivity contribution in [1.82, 2.24) is 0 Å². The minimum absolute atomic E-state index is 1.12. The van der Waals surface area contributed by atoms with Crippen LogP contribution in [0.4, 0.5) is 17.1 Å². The van der Waals surface area contributed by atoms with Gasteiger partial charge in [-0.05, 0) is 135 Å². The number of anilines is 3. The second-order valence-electron chi connectivity index (χ2n) is 14.4. The molecule has 55 heavy (non-hydrogen) atoms. The normalized spacial score (nSPS) is 11.6. The van der Waals surface area contributed by atoms with Gasteiger partial charge in [0.2, 0.25) is 0 Å². The number of fused-ring (bicyclic) bond motifs is 8. The van der Waals surface area contributed by atoms with Crippen LogP contribution in [0.15, 0.2) is 212 Å². The van der Waals surface area contributed by atoms with E-state index in [2.05, 4.69) is 217 Å². The Hall–Kier alpha value is -7.22. The van der Waals surface area contributed by atoms with Gasteiger partial charge in [-0.1, -0.05) is 164 Å². The third-order valence-corrected chi connectivity index (χ3v) is 11.4. The van der Waals surface area contributed by atoms with Gasteiger partial charge in [0, 0.05) is 17.1 Å². The smallest absolute Gasteiger partial charge is 0.0474 e. The topological polar surface area (TPSA) is 3.24 Å². The summed E-state index contributed by atoms with van der Waals surface area (Å²) in [6, 6.07) is 78.0. The van der Waals surface area contributed by atoms with Gasteiger partial charge in [-0.15, -0.1) is 0 Å². The lowest BCUT2D eigenvalue weighted by Crippen LogP contribution is -2.09. The lowest BCUT2D eigenvalue weighted by atomic mass is 9.85. The molecule has 0 amide bonds. The van der Waals surface area contributed by atoms with Crippen molar-refractivity contribution in [3.8, 4) is 22.3 Å². The van der Waals surface area contributed by atoms with E-state index in [1.807, 2.05) is 0 Å². The number of rotatable bonds is 5. The van der Waals surface area contributed by atoms with Crippen molar-refractivity contribution in [3.05, 3.63) is 212 Å². The summed E-state index contributed by atoms with van der Waals surface area (Å²) >= 11 is 0. The predicted molar refractivity (Wildman–Crippen MR) is 237 cm³/mol. The van der Waals surface area contributed by atoms with E-state index in [-0.39, 0.29) is 0 Å². The summed E-state index contributed by atoms with van der Waals surface area (Å²) in [4.78, 5) is 2.40. The van der Waals surface area contributed by atoms with Crippen molar-refractivity contribution >= 4 is 81.7 Å². The molecule has 0 aliphatic rings. The van der Waals surface area contributed by atoms with Crippen LogP contribution in [0.5, 0.6) is 0 Å². The second-order valence-corrected chi connectivity index (χ2v) is 14.4. The molecular formula is C54H35N. The molecule has 11 aromatic carbocycles. The van der Waals surface area contributed by atoms with Crippen LogP contribution >= 0.6 is 0 Å². The highest BCUT2D eigenvalue weighted by molar-refractivity contribution is 6.39. The van der Waals surface area contributed by atoms with Crippen molar-refractivity contribution < 1.29 is 0 Å². The van der Waals surface area contributed by atoms with Crippen molar-refractivity contribution in [2.45, 2.75) is 0 Å². The average molecular weight is 698 g/mol. The third kappa shape index (κ3) is 5.09. The average Bonchev–Trinajstić information content (AvgIpc) is 3.26. The van der Waals surface area contributed by atoms with Crippen LogP contribution < -0.4 is 4.90 Å². The molecule has 0 spiro atoms. The van der Waals surface area contributed by atoms with E-state index in [0.29, 0.717) is 0 Å². The van der Waals surface area contributed by atoms with Gasteiger partial charge in [-0.3, -0.25) is 0 Å². The molecule has 11 rings (SSSR count). The van der Waals surface area contributed by atoms with Crippen molar-refractivity contribution in [2.24, 2.45) is 0 Å². The van der Waals surface area contributed by atoms with Gasteiger partial charge < -0.3 is 4.90 Å². The summed E-state index contributed by atoms with van der Waals surface area (Å²) in [6.07, 6.45) is 0. The Bertz CT molecular complexity index is 3190. The molecular weight excluding hydrogens is 663 g/mol. The fourth-order valence-electron chi connectivity index (χ4n) is 8.90. The molecule has 0 saturated heterocycles. The highest BCUT2D eigenvalue weighted by Gasteiger charge is 2.20. The number of para-hydroxylation sites is 2. The molecule has 0 aliphatic carbocycles. The predicted octanol–water partition coefficient (Wildman–Crippen LogP) is 15.4. The Labute approximate surface area is 320 Å². The van der Waals surface area contributed by atoms with E-state index < -0.39 is 0 Å². The van der Waals surface area contributed by atoms with Crippen LogP contribution in [0.2, 0.25) is 0 Å². The first-order valence-electron chi connectivity index (χ1n) is 19.0. The molecule has 0 atom stereocenters. The molecule has 0 unspecified atom stereocenters. The molecule has 0 N–H and O–H groups in total. The minimum Gasteiger partial charge on any atom is -0.310 e. The zero-order chi connectivity index (χ0) is 36.3. The maximum absolute atomic E-state index is 2.44. The fraction of sp³-hybridized carbons (Fsp3) is 0. The second kappa shape index (κ2) is 12.7. The van der Waals surface area contributed by atoms with Crippen LogP contribution in [-0.2, 0) is 0 Å². The molecule has 0 radical (unpaired) electrons. The highest BCUT2D eigenvalue weighted by Crippen LogP contribution is 2.48. The molecule has 11 aromatic rings. The van der Waals surface area contributed by atoms with E-state index in [4.69, 9.17) is 0 Å². The SMILES string of the molecule is c1ccc(-c2ccc3c(c2)c2cc(-c4ccccc4)ccc2c2cc(N(c4ccccc4)c4ccccc4)cc4c5ccccc5c5cccc3c5c24)cc1. The van der Waals surface area contributed by atoms with Crippen LogP contribution in [0.25, 0.3) is 86.9 Å². The van der Waals surface area contributed by atoms with Crippen LogP contribution in [0.3, 0.4) is 0 Å². The molecule has 0 heterocycles. The number of benzene rings is 10. The lowest BCUT2D eigenvalue weighted by Gasteiger charge is -2.27. The van der Waals surface area contributed by atoms with Gasteiger partial charge >= 0.3 is 0 Å². The van der Waals surface area contributed by atoms with Crippen LogP contribution in [0.1, 0.15) is 0 Å². The van der Waals surface area contributed by atoms with E-state index in [9.17, 15) is 0 Å². The highest BCUT2D eigenvalue weighted by atomic mass is 15.1. The Morgan fingerprint density at radius 1 is 0.200 bits per heavy atom. The van der Waals surface area contributed by atoms with Gasteiger partial charge in [0.05, 0.1) is 0 Å². The zero-order valence-corrected chi connectivity index (χ0v) is 30.2. The molecule has 1 heteroatoms. The van der Waals surface area contributed by atoms with E-state index in [1.165, 1.54) is 86.9 Å². The Morgan fingerprint density at radius 2 is 0.564 bits per heavy atom. The lowest BCUT2D eigenvalue weighted by molar-refractivity contribution is 1.29. The van der Waals surface area contributed by atoms with E-state index >= 15 is 0 Å². The first kappa shape index (κ1) is 31.3. The maximum Gasteiger partial charge on any atom is 0.0474 e. The van der Waals surface area contributed by atoms with Crippen LogP contribution in [-0.4, -0.2) is 0 Å². The summed E-state index contributed by atoms with van der Waals surface area (Å²) < 4.78 is 0. The summed E-state index contributed by atoms with van der Waals surface area (Å²) in [7, 11) is 0. The molecule has 0 aromatic heterocycles. The number of hydrogen-bond acceptors (Lipinski definition) is 1. The molecule has 0 fully saturated rings. The summed E-state index contributed by atoms with van der Waals surface area (Å²) in [6.45, 7) is 0. The van der Waals surface area contributed by atoms with Crippen molar-refractivity contribution in [1.29, 1.82) is 0 Å². The van der Waals surface area contributed by atoms with Crippen molar-refractivity contribution in [3.63, 3.8) is 0 Å². The molecule has 0 bridgehead atoms. The standard InChI is InChI=1S/C54H35N/c1-5-16-36(17-6-1)38-28-30-45-48-27-15-26-47-43-24-13-14-25-44(43)51-34-42(55(40-20-9-3-10-21-40)41-22-11-4-12-23-41)35-52(54(51)53(47)48)46-31-29-39(33-50(46)49(45)32-38)37-18-7-2-8-19-37/h1-35H. The van der Waals surface area contributed by atoms with E-state index in [1.54, 1.807) is 0 Å². The maximum atomic E-state index is 2.44. The molecule has 256 valence electrons. The Kier molecular flexibility index (Phi) is 7.25. The van der Waals surface area contributed by atoms with Crippen LogP contribution in [0, 0.1) is 0 Å². The fourth-order valence-corrected chi connectivity index (χ4v) is 8.90. The molecule has 0 aliphatic heterocycles. The number of nitrogens with zero attached hydrogens (tertiary/aromatic N) is 1. The third-order valence-electron chi connectivity index (χ3n) is 11.4. The first-order valence-corrected chi connectivity index (χ1v) is 19.0. The Morgan fingerprint density at radius 3 is 1.05 bits per heavy atom. The number of hydrogen-bond donors (Lipinski definition) is 0. The van der Waals surface area contributed by atoms with Gasteiger partial charge in [0.25, 0.3) is 0 Å². The molecule has 0 saturated carbocycles. The largest absolute Gasteiger partial charge is 0.310 e. The van der Waals surface area contributed by atoms with Gasteiger partial charge in [-0.25, -0.2) is 0 Å². The summed E-state index contributed by atoms with van der Waals surface area (Å²) in [5.41, 5.74) is 8.20. The minimum atomic E-state index is 1.12. The summed E-state index contributed by atoms with van der Waals surface area (Å²) in [5.74, 6) is 0. The quantitative estimate of drug-likeness (QED) is 0.162. The zero-order valence-electron chi connectivity index (χ0n) is 30.2. The summed E-state index contributed by atoms with van der Waals surface area (Å²) in [5, 5.41) is 15.1. The van der Waals surface area contributed by atoms with Crippen molar-refractivity contribution in [2.75, 3.05) is 4.90 Å². The monoisotopic (exact) mass is 697 g/mol. The molecule has 1 nitrogen and oxygen atoms in total. The first-order chi connectivity index (χ1) is 27.3. The van der Waals surface area contributed by atoms with Gasteiger partial charge in [0.15, 0.2) is 0 Å². The van der Waals surface area contributed by atoms with Gasteiger partial charge in [-0.2, -0.15) is 0 Å².